The molecular formula is C21H21N3O. The van der Waals surface area contributed by atoms with Crippen molar-refractivity contribution in [2.75, 3.05) is 11.4 Å². The van der Waals surface area contributed by atoms with E-state index in [-0.39, 0.29) is 0 Å². The molecule has 2 aromatic carbocycles. The molecular weight excluding hydrogens is 310 g/mol. The Bertz CT molecular complexity index is 864. The first-order valence-electron chi connectivity index (χ1n) is 8.62. The van der Waals surface area contributed by atoms with E-state index >= 15 is 0 Å². The summed E-state index contributed by atoms with van der Waals surface area (Å²) in [6.45, 7) is 4.27. The zero-order chi connectivity index (χ0) is 17.1. The van der Waals surface area contributed by atoms with Crippen LogP contribution >= 0.6 is 0 Å². The van der Waals surface area contributed by atoms with Gasteiger partial charge >= 0.3 is 0 Å². The van der Waals surface area contributed by atoms with Gasteiger partial charge < -0.3 is 9.64 Å². The van der Waals surface area contributed by atoms with Crippen molar-refractivity contribution in [3.05, 3.63) is 83.0 Å². The molecule has 4 rings (SSSR count). The van der Waals surface area contributed by atoms with Crippen LogP contribution in [0.3, 0.4) is 0 Å². The van der Waals surface area contributed by atoms with Crippen molar-refractivity contribution in [3.8, 4) is 5.88 Å². The summed E-state index contributed by atoms with van der Waals surface area (Å²) < 4.78 is 5.90. The van der Waals surface area contributed by atoms with Crippen LogP contribution in [0.5, 0.6) is 5.88 Å². The van der Waals surface area contributed by atoms with Crippen molar-refractivity contribution in [2.24, 2.45) is 0 Å². The van der Waals surface area contributed by atoms with Gasteiger partial charge in [0, 0.05) is 24.8 Å². The number of hydrogen-bond donors (Lipinski definition) is 0. The average Bonchev–Trinajstić information content (AvgIpc) is 2.66. The second-order valence-corrected chi connectivity index (χ2v) is 6.36. The van der Waals surface area contributed by atoms with Crippen LogP contribution in [0, 0.1) is 6.92 Å². The minimum absolute atomic E-state index is 0.513. The van der Waals surface area contributed by atoms with E-state index in [0.29, 0.717) is 12.5 Å². The van der Waals surface area contributed by atoms with Gasteiger partial charge in [-0.15, -0.1) is 0 Å². The number of fused-ring (bicyclic) bond motifs is 1. The average molecular weight is 331 g/mol. The lowest BCUT2D eigenvalue weighted by Crippen LogP contribution is -2.31. The van der Waals surface area contributed by atoms with Crippen molar-refractivity contribution in [1.29, 1.82) is 0 Å². The highest BCUT2D eigenvalue weighted by atomic mass is 16.5. The lowest BCUT2D eigenvalue weighted by molar-refractivity contribution is 0.293. The smallest absolute Gasteiger partial charge is 0.229 e. The van der Waals surface area contributed by atoms with E-state index in [0.717, 1.165) is 36.7 Å². The lowest BCUT2D eigenvalue weighted by Gasteiger charge is -2.29. The van der Waals surface area contributed by atoms with Crippen LogP contribution in [0.25, 0.3) is 0 Å². The Morgan fingerprint density at radius 3 is 2.56 bits per heavy atom. The van der Waals surface area contributed by atoms with Gasteiger partial charge in [0.25, 0.3) is 0 Å². The summed E-state index contributed by atoms with van der Waals surface area (Å²) >= 11 is 0. The van der Waals surface area contributed by atoms with E-state index in [1.807, 2.05) is 31.2 Å². The normalized spacial score (nSPS) is 13.4. The molecule has 1 aliphatic heterocycles. The molecule has 4 heteroatoms. The molecule has 0 atom stereocenters. The molecule has 2 heterocycles. The quantitative estimate of drug-likeness (QED) is 0.726. The fraction of sp³-hybridized carbons (Fsp3) is 0.238. The third-order valence-electron chi connectivity index (χ3n) is 4.46. The third kappa shape index (κ3) is 3.63. The number of rotatable bonds is 4. The molecule has 0 amide bonds. The van der Waals surface area contributed by atoms with Crippen LogP contribution in [0.15, 0.2) is 60.7 Å². The minimum Gasteiger partial charge on any atom is -0.473 e. The molecule has 0 unspecified atom stereocenters. The monoisotopic (exact) mass is 331 g/mol. The van der Waals surface area contributed by atoms with E-state index in [1.165, 1.54) is 11.1 Å². The maximum atomic E-state index is 5.90. The van der Waals surface area contributed by atoms with Gasteiger partial charge in [0.2, 0.25) is 11.8 Å². The van der Waals surface area contributed by atoms with Gasteiger partial charge in [-0.05, 0) is 30.0 Å². The number of benzene rings is 2. The summed E-state index contributed by atoms with van der Waals surface area (Å²) in [5, 5.41) is 0. The highest BCUT2D eigenvalue weighted by Crippen LogP contribution is 2.24. The summed E-state index contributed by atoms with van der Waals surface area (Å²) in [6, 6.07) is 20.6. The molecule has 0 spiro atoms. The van der Waals surface area contributed by atoms with Crippen molar-refractivity contribution < 1.29 is 4.74 Å². The number of aromatic nitrogens is 2. The number of ether oxygens (including phenoxy) is 1. The van der Waals surface area contributed by atoms with Crippen molar-refractivity contribution in [2.45, 2.75) is 26.5 Å². The second-order valence-electron chi connectivity index (χ2n) is 6.36. The summed E-state index contributed by atoms with van der Waals surface area (Å²) in [7, 11) is 0. The van der Waals surface area contributed by atoms with E-state index in [9.17, 15) is 0 Å². The van der Waals surface area contributed by atoms with E-state index in [4.69, 9.17) is 4.74 Å². The summed E-state index contributed by atoms with van der Waals surface area (Å²) in [5.41, 5.74) is 4.83. The lowest BCUT2D eigenvalue weighted by atomic mass is 10.0. The fourth-order valence-electron chi connectivity index (χ4n) is 3.14. The molecule has 0 aliphatic carbocycles. The van der Waals surface area contributed by atoms with Crippen LogP contribution < -0.4 is 9.64 Å². The summed E-state index contributed by atoms with van der Waals surface area (Å²) in [6.07, 6.45) is 1.02. The summed E-state index contributed by atoms with van der Waals surface area (Å²) in [4.78, 5) is 11.5. The molecule has 0 saturated heterocycles. The highest BCUT2D eigenvalue weighted by Gasteiger charge is 2.19. The van der Waals surface area contributed by atoms with Gasteiger partial charge in [-0.3, -0.25) is 0 Å². The topological polar surface area (TPSA) is 38.2 Å². The molecule has 0 fully saturated rings. The Balaban J connectivity index is 1.52. The molecule has 25 heavy (non-hydrogen) atoms. The maximum Gasteiger partial charge on any atom is 0.229 e. The SMILES string of the molecule is Cc1cc(OCc2ccccc2)nc(N2CCc3ccccc3C2)n1. The van der Waals surface area contributed by atoms with Crippen LogP contribution in [0.1, 0.15) is 22.4 Å². The minimum atomic E-state index is 0.513. The largest absolute Gasteiger partial charge is 0.473 e. The standard InChI is InChI=1S/C21H21N3O/c1-16-13-20(25-15-17-7-3-2-4-8-17)23-21(22-16)24-12-11-18-9-5-6-10-19(18)14-24/h2-10,13H,11-12,14-15H2,1H3. The predicted molar refractivity (Wildman–Crippen MR) is 98.7 cm³/mol. The Morgan fingerprint density at radius 2 is 1.72 bits per heavy atom. The molecule has 3 aromatic rings. The zero-order valence-electron chi connectivity index (χ0n) is 14.4. The molecule has 4 nitrogen and oxygen atoms in total. The van der Waals surface area contributed by atoms with E-state index < -0.39 is 0 Å². The molecule has 1 aromatic heterocycles. The fourth-order valence-corrected chi connectivity index (χ4v) is 3.14. The van der Waals surface area contributed by atoms with Crippen molar-refractivity contribution in [1.82, 2.24) is 9.97 Å². The van der Waals surface area contributed by atoms with Crippen LogP contribution in [0.2, 0.25) is 0 Å². The number of hydrogen-bond acceptors (Lipinski definition) is 4. The summed E-state index contributed by atoms with van der Waals surface area (Å²) in [5.74, 6) is 1.38. The van der Waals surface area contributed by atoms with Crippen molar-refractivity contribution in [3.63, 3.8) is 0 Å². The Labute approximate surface area is 148 Å². The number of aryl methyl sites for hydroxylation is 1. The van der Waals surface area contributed by atoms with Crippen LogP contribution in [-0.2, 0) is 19.6 Å². The Kier molecular flexibility index (Phi) is 4.34. The third-order valence-corrected chi connectivity index (χ3v) is 4.46. The first-order valence-corrected chi connectivity index (χ1v) is 8.62. The van der Waals surface area contributed by atoms with Crippen molar-refractivity contribution >= 4 is 5.95 Å². The van der Waals surface area contributed by atoms with Gasteiger partial charge in [0.15, 0.2) is 0 Å². The van der Waals surface area contributed by atoms with Gasteiger partial charge in [0.1, 0.15) is 6.61 Å². The van der Waals surface area contributed by atoms with Gasteiger partial charge in [-0.1, -0.05) is 54.6 Å². The predicted octanol–water partition coefficient (Wildman–Crippen LogP) is 3.93. The molecule has 0 N–H and O–H groups in total. The van der Waals surface area contributed by atoms with Crippen LogP contribution in [-0.4, -0.2) is 16.5 Å². The zero-order valence-corrected chi connectivity index (χ0v) is 14.4. The molecule has 0 saturated carbocycles. The first kappa shape index (κ1) is 15.6. The van der Waals surface area contributed by atoms with Gasteiger partial charge in [-0.2, -0.15) is 4.98 Å². The van der Waals surface area contributed by atoms with Gasteiger partial charge in [0.05, 0.1) is 0 Å². The Morgan fingerprint density at radius 1 is 0.960 bits per heavy atom. The van der Waals surface area contributed by atoms with E-state index in [2.05, 4.69) is 51.3 Å². The Hall–Kier alpha value is -2.88. The second kappa shape index (κ2) is 6.93. The van der Waals surface area contributed by atoms with E-state index in [1.54, 1.807) is 0 Å². The van der Waals surface area contributed by atoms with Gasteiger partial charge in [-0.25, -0.2) is 4.98 Å². The van der Waals surface area contributed by atoms with Crippen LogP contribution in [0.4, 0.5) is 5.95 Å². The number of nitrogens with zero attached hydrogens (tertiary/aromatic N) is 3. The highest BCUT2D eigenvalue weighted by molar-refractivity contribution is 5.41. The molecule has 126 valence electrons. The molecule has 1 aliphatic rings. The molecule has 0 radical (unpaired) electrons. The maximum absolute atomic E-state index is 5.90. The first-order chi connectivity index (χ1) is 12.3. The molecule has 0 bridgehead atoms. The number of anilines is 1.